The number of aromatic nitrogens is 5. The number of aryl methyl sites for hydroxylation is 1. The van der Waals surface area contributed by atoms with Crippen molar-refractivity contribution < 1.29 is 4.52 Å². The van der Waals surface area contributed by atoms with Crippen molar-refractivity contribution in [1.29, 1.82) is 0 Å². The molecule has 1 atom stereocenters. The van der Waals surface area contributed by atoms with Gasteiger partial charge in [0.25, 0.3) is 0 Å². The summed E-state index contributed by atoms with van der Waals surface area (Å²) in [6.45, 7) is 6.34. The van der Waals surface area contributed by atoms with E-state index in [0.29, 0.717) is 11.9 Å². The summed E-state index contributed by atoms with van der Waals surface area (Å²) in [4.78, 5) is 10.8. The first kappa shape index (κ1) is 16.7. The van der Waals surface area contributed by atoms with E-state index < -0.39 is 0 Å². The highest BCUT2D eigenvalue weighted by atomic mass is 16.5. The van der Waals surface area contributed by atoms with Crippen LogP contribution in [-0.2, 0) is 19.6 Å². The van der Waals surface area contributed by atoms with Gasteiger partial charge in [-0.05, 0) is 31.4 Å². The van der Waals surface area contributed by atoms with Crippen molar-refractivity contribution in [2.24, 2.45) is 5.92 Å². The van der Waals surface area contributed by atoms with E-state index in [2.05, 4.69) is 41.2 Å². The number of rotatable bonds is 6. The van der Waals surface area contributed by atoms with Crippen LogP contribution >= 0.6 is 0 Å². The molecule has 1 unspecified atom stereocenters. The molecule has 0 aliphatic carbocycles. The molecule has 8 nitrogen and oxygen atoms in total. The molecule has 3 aromatic rings. The first-order valence-electron chi connectivity index (χ1n) is 8.92. The Morgan fingerprint density at radius 3 is 2.92 bits per heavy atom. The third-order valence-corrected chi connectivity index (χ3v) is 4.60. The summed E-state index contributed by atoms with van der Waals surface area (Å²) < 4.78 is 7.34. The molecule has 1 aliphatic rings. The lowest BCUT2D eigenvalue weighted by Gasteiger charge is -2.23. The lowest BCUT2D eigenvalue weighted by molar-refractivity contribution is 0.211. The Labute approximate surface area is 152 Å². The highest BCUT2D eigenvalue weighted by Crippen LogP contribution is 2.20. The molecule has 1 N–H and O–H groups in total. The lowest BCUT2D eigenvalue weighted by Crippen LogP contribution is -2.29. The van der Waals surface area contributed by atoms with E-state index in [-0.39, 0.29) is 0 Å². The Morgan fingerprint density at radius 1 is 1.23 bits per heavy atom. The predicted molar refractivity (Wildman–Crippen MR) is 96.2 cm³/mol. The molecular weight excluding hydrogens is 330 g/mol. The van der Waals surface area contributed by atoms with Crippen molar-refractivity contribution in [2.75, 3.05) is 18.4 Å². The van der Waals surface area contributed by atoms with Crippen LogP contribution in [0.2, 0.25) is 0 Å². The van der Waals surface area contributed by atoms with Gasteiger partial charge >= 0.3 is 0 Å². The molecule has 1 aliphatic heterocycles. The van der Waals surface area contributed by atoms with E-state index in [9.17, 15) is 0 Å². The van der Waals surface area contributed by atoms with Crippen molar-refractivity contribution in [3.05, 3.63) is 53.9 Å². The van der Waals surface area contributed by atoms with Crippen molar-refractivity contribution in [2.45, 2.75) is 33.0 Å². The van der Waals surface area contributed by atoms with Gasteiger partial charge in [0.05, 0.1) is 11.4 Å². The molecule has 0 fully saturated rings. The Balaban J connectivity index is 1.40. The SMILES string of the molecule is Cc1cc(CN2Cc3ccnn3CC(CCNc3ncccn3)C2)no1. The van der Waals surface area contributed by atoms with Crippen molar-refractivity contribution in [1.82, 2.24) is 29.8 Å². The summed E-state index contributed by atoms with van der Waals surface area (Å²) in [6.07, 6.45) is 6.40. The number of anilines is 1. The van der Waals surface area contributed by atoms with E-state index >= 15 is 0 Å². The molecule has 0 bridgehead atoms. The van der Waals surface area contributed by atoms with Gasteiger partial charge in [0, 0.05) is 57.4 Å². The molecule has 3 aromatic heterocycles. The predicted octanol–water partition coefficient (Wildman–Crippen LogP) is 2.10. The Morgan fingerprint density at radius 2 is 2.12 bits per heavy atom. The smallest absolute Gasteiger partial charge is 0.222 e. The zero-order valence-corrected chi connectivity index (χ0v) is 14.9. The van der Waals surface area contributed by atoms with Gasteiger partial charge in [-0.1, -0.05) is 5.16 Å². The fraction of sp³-hybridized carbons (Fsp3) is 0.444. The summed E-state index contributed by atoms with van der Waals surface area (Å²) in [6, 6.07) is 5.92. The summed E-state index contributed by atoms with van der Waals surface area (Å²) in [5, 5.41) is 11.9. The van der Waals surface area contributed by atoms with Gasteiger partial charge in [-0.3, -0.25) is 9.58 Å². The zero-order valence-electron chi connectivity index (χ0n) is 14.9. The molecule has 0 aromatic carbocycles. The second kappa shape index (κ2) is 7.65. The van der Waals surface area contributed by atoms with Crippen LogP contribution in [0.3, 0.4) is 0 Å². The van der Waals surface area contributed by atoms with Crippen LogP contribution in [0.4, 0.5) is 5.95 Å². The van der Waals surface area contributed by atoms with Crippen LogP contribution in [-0.4, -0.2) is 42.9 Å². The summed E-state index contributed by atoms with van der Waals surface area (Å²) in [5.41, 5.74) is 2.22. The van der Waals surface area contributed by atoms with Gasteiger partial charge in [0.1, 0.15) is 5.76 Å². The minimum absolute atomic E-state index is 0.486. The van der Waals surface area contributed by atoms with Crippen LogP contribution in [0.25, 0.3) is 0 Å². The molecule has 136 valence electrons. The monoisotopic (exact) mass is 353 g/mol. The fourth-order valence-corrected chi connectivity index (χ4v) is 3.42. The lowest BCUT2D eigenvalue weighted by atomic mass is 10.1. The largest absolute Gasteiger partial charge is 0.361 e. The first-order valence-corrected chi connectivity index (χ1v) is 8.92. The minimum atomic E-state index is 0.486. The molecular formula is C18H23N7O. The number of hydrogen-bond acceptors (Lipinski definition) is 7. The first-order chi connectivity index (χ1) is 12.8. The Hall–Kier alpha value is -2.74. The topological polar surface area (TPSA) is 84.9 Å². The van der Waals surface area contributed by atoms with Gasteiger partial charge in [-0.15, -0.1) is 0 Å². The number of nitrogens with one attached hydrogen (secondary N) is 1. The third-order valence-electron chi connectivity index (χ3n) is 4.60. The molecule has 0 amide bonds. The molecule has 0 saturated heterocycles. The van der Waals surface area contributed by atoms with Crippen molar-refractivity contribution >= 4 is 5.95 Å². The fourth-order valence-electron chi connectivity index (χ4n) is 3.42. The van der Waals surface area contributed by atoms with E-state index in [1.807, 2.05) is 25.3 Å². The van der Waals surface area contributed by atoms with E-state index in [0.717, 1.165) is 50.6 Å². The summed E-state index contributed by atoms with van der Waals surface area (Å²) >= 11 is 0. The van der Waals surface area contributed by atoms with Crippen LogP contribution in [0.15, 0.2) is 41.3 Å². The molecule has 0 spiro atoms. The van der Waals surface area contributed by atoms with Crippen molar-refractivity contribution in [3.63, 3.8) is 0 Å². The van der Waals surface area contributed by atoms with Crippen LogP contribution < -0.4 is 5.32 Å². The van der Waals surface area contributed by atoms with Gasteiger partial charge in [0.15, 0.2) is 0 Å². The Bertz CT molecular complexity index is 829. The Kier molecular flexibility index (Phi) is 4.92. The molecule has 8 heteroatoms. The average Bonchev–Trinajstić information content (AvgIpc) is 3.21. The minimum Gasteiger partial charge on any atom is -0.361 e. The maximum absolute atomic E-state index is 5.21. The molecule has 26 heavy (non-hydrogen) atoms. The highest BCUT2D eigenvalue weighted by molar-refractivity contribution is 5.21. The van der Waals surface area contributed by atoms with E-state index in [1.165, 1.54) is 5.69 Å². The maximum Gasteiger partial charge on any atom is 0.222 e. The molecule has 4 heterocycles. The van der Waals surface area contributed by atoms with Gasteiger partial charge < -0.3 is 9.84 Å². The van der Waals surface area contributed by atoms with Crippen LogP contribution in [0, 0.1) is 12.8 Å². The summed E-state index contributed by atoms with van der Waals surface area (Å²) in [7, 11) is 0. The van der Waals surface area contributed by atoms with Crippen molar-refractivity contribution in [3.8, 4) is 0 Å². The number of nitrogens with zero attached hydrogens (tertiary/aromatic N) is 6. The van der Waals surface area contributed by atoms with Gasteiger partial charge in [-0.25, -0.2) is 9.97 Å². The maximum atomic E-state index is 5.21. The number of hydrogen-bond donors (Lipinski definition) is 1. The average molecular weight is 353 g/mol. The van der Waals surface area contributed by atoms with Gasteiger partial charge in [-0.2, -0.15) is 5.10 Å². The van der Waals surface area contributed by atoms with Crippen LogP contribution in [0.1, 0.15) is 23.6 Å². The second-order valence-electron chi connectivity index (χ2n) is 6.76. The van der Waals surface area contributed by atoms with Crippen LogP contribution in [0.5, 0.6) is 0 Å². The normalized spacial score (nSPS) is 17.7. The van der Waals surface area contributed by atoms with E-state index in [4.69, 9.17) is 4.52 Å². The van der Waals surface area contributed by atoms with Gasteiger partial charge in [0.2, 0.25) is 5.95 Å². The second-order valence-corrected chi connectivity index (χ2v) is 6.76. The number of fused-ring (bicyclic) bond motifs is 1. The zero-order chi connectivity index (χ0) is 17.8. The quantitative estimate of drug-likeness (QED) is 0.726. The standard InChI is InChI=1S/C18H23N7O/c1-14-9-16(23-26-14)12-24-10-15(11-25-17(13-24)4-8-22-25)3-7-21-18-19-5-2-6-20-18/h2,4-6,8-9,15H,3,7,10-13H2,1H3,(H,19,20,21). The third kappa shape index (κ3) is 4.08. The molecule has 4 rings (SSSR count). The van der Waals surface area contributed by atoms with E-state index in [1.54, 1.807) is 12.4 Å². The molecule has 0 radical (unpaired) electrons. The summed E-state index contributed by atoms with van der Waals surface area (Å²) in [5.74, 6) is 2.01. The molecule has 0 saturated carbocycles. The highest BCUT2D eigenvalue weighted by Gasteiger charge is 2.23.